The van der Waals surface area contributed by atoms with Gasteiger partial charge >= 0.3 is 0 Å². The van der Waals surface area contributed by atoms with E-state index in [9.17, 15) is 4.39 Å². The lowest BCUT2D eigenvalue weighted by Crippen LogP contribution is -1.84. The maximum Gasteiger partial charge on any atom is 0.103 e. The predicted octanol–water partition coefficient (Wildman–Crippen LogP) is 2.69. The molecule has 0 heterocycles. The Hall–Kier alpha value is -0.240. The van der Waals surface area contributed by atoms with Crippen LogP contribution < -0.4 is 0 Å². The third-order valence-corrected chi connectivity index (χ3v) is 1.33. The summed E-state index contributed by atoms with van der Waals surface area (Å²) >= 11 is 0. The summed E-state index contributed by atoms with van der Waals surface area (Å²) in [6.07, 6.45) is 5.29. The Balaban J connectivity index is 0.000000640. The molecule has 0 aromatic heterocycles. The van der Waals surface area contributed by atoms with Crippen molar-refractivity contribution >= 4 is 13.5 Å². The fourth-order valence-corrected chi connectivity index (χ4v) is 0.758. The van der Waals surface area contributed by atoms with Crippen LogP contribution in [0.2, 0.25) is 0 Å². The molecule has 1 aliphatic carbocycles. The average Bonchev–Trinajstić information content (AvgIpc) is 1.77. The molecule has 9 heavy (non-hydrogen) atoms. The molecule has 0 radical (unpaired) electrons. The van der Waals surface area contributed by atoms with Crippen molar-refractivity contribution in [3.8, 4) is 0 Å². The van der Waals surface area contributed by atoms with Crippen LogP contribution in [0.25, 0.3) is 0 Å². The normalized spacial score (nSPS) is 17.6. The third-order valence-electron chi connectivity index (χ3n) is 1.33. The van der Waals surface area contributed by atoms with Gasteiger partial charge in [0.2, 0.25) is 0 Å². The van der Waals surface area contributed by atoms with Gasteiger partial charge in [-0.05, 0) is 18.9 Å². The zero-order valence-electron chi connectivity index (χ0n) is 5.45. The largest absolute Gasteiger partial charge is 0.212 e. The van der Waals surface area contributed by atoms with Gasteiger partial charge in [0.15, 0.2) is 0 Å². The van der Waals surface area contributed by atoms with Crippen LogP contribution >= 0.6 is 13.5 Å². The predicted molar refractivity (Wildman–Crippen MR) is 42.6 cm³/mol. The van der Waals surface area contributed by atoms with E-state index in [4.69, 9.17) is 0 Å². The number of hydrogen-bond donors (Lipinski definition) is 0. The van der Waals surface area contributed by atoms with Crippen LogP contribution in [-0.2, 0) is 0 Å². The number of halogens is 1. The highest BCUT2D eigenvalue weighted by Crippen LogP contribution is 2.18. The topological polar surface area (TPSA) is 0 Å². The fourth-order valence-electron chi connectivity index (χ4n) is 0.758. The van der Waals surface area contributed by atoms with Crippen molar-refractivity contribution in [3.05, 3.63) is 23.6 Å². The first-order chi connectivity index (χ1) is 3.80. The minimum atomic E-state index is 0. The van der Waals surface area contributed by atoms with Gasteiger partial charge in [0, 0.05) is 6.42 Å². The summed E-state index contributed by atoms with van der Waals surface area (Å²) in [6.45, 7) is 1.80. The molecule has 0 bridgehead atoms. The summed E-state index contributed by atoms with van der Waals surface area (Å²) in [5.74, 6) is 0.0486. The standard InChI is InChI=1S/C7H9F.H2S/c1-6-4-2-3-5-7(6)8;/h2,4H,3,5H2,1H3;1H2. The molecular weight excluding hydrogens is 135 g/mol. The van der Waals surface area contributed by atoms with Crippen LogP contribution in [-0.4, -0.2) is 0 Å². The summed E-state index contributed by atoms with van der Waals surface area (Å²) in [5, 5.41) is 0. The molecule has 0 N–H and O–H groups in total. The maximum absolute atomic E-state index is 12.4. The molecule has 0 atom stereocenters. The third kappa shape index (κ3) is 2.22. The summed E-state index contributed by atoms with van der Waals surface area (Å²) < 4.78 is 12.4. The van der Waals surface area contributed by atoms with Crippen molar-refractivity contribution in [1.82, 2.24) is 0 Å². The molecule has 0 aromatic rings. The molecule has 52 valence electrons. The molecule has 0 aromatic carbocycles. The summed E-state index contributed by atoms with van der Waals surface area (Å²) in [5.41, 5.74) is 0.788. The Kier molecular flexibility index (Phi) is 3.62. The molecule has 0 saturated heterocycles. The fraction of sp³-hybridized carbons (Fsp3) is 0.429. The van der Waals surface area contributed by atoms with E-state index in [0.717, 1.165) is 12.0 Å². The zero-order valence-corrected chi connectivity index (χ0v) is 6.45. The molecule has 1 rings (SSSR count). The van der Waals surface area contributed by atoms with Crippen molar-refractivity contribution in [1.29, 1.82) is 0 Å². The Bertz CT molecular complexity index is 147. The first-order valence-corrected chi connectivity index (χ1v) is 2.82. The SMILES string of the molecule is CC1=C(F)CCC=C1.S. The summed E-state index contributed by atoms with van der Waals surface area (Å²) in [4.78, 5) is 0. The Morgan fingerprint density at radius 3 is 2.56 bits per heavy atom. The van der Waals surface area contributed by atoms with Gasteiger partial charge in [-0.3, -0.25) is 0 Å². The van der Waals surface area contributed by atoms with Crippen LogP contribution in [0, 0.1) is 0 Å². The van der Waals surface area contributed by atoms with Gasteiger partial charge in [-0.25, -0.2) is 4.39 Å². The summed E-state index contributed by atoms with van der Waals surface area (Å²) in [7, 11) is 0. The van der Waals surface area contributed by atoms with Gasteiger partial charge in [-0.15, -0.1) is 0 Å². The molecule has 2 heteroatoms. The zero-order chi connectivity index (χ0) is 5.98. The lowest BCUT2D eigenvalue weighted by molar-refractivity contribution is 0.578. The molecule has 0 unspecified atom stereocenters. The molecule has 0 aliphatic heterocycles. The minimum Gasteiger partial charge on any atom is -0.212 e. The van der Waals surface area contributed by atoms with Crippen LogP contribution in [0.4, 0.5) is 4.39 Å². The van der Waals surface area contributed by atoms with Crippen LogP contribution in [0.1, 0.15) is 19.8 Å². The second-order valence-electron chi connectivity index (χ2n) is 2.03. The van der Waals surface area contributed by atoms with E-state index < -0.39 is 0 Å². The van der Waals surface area contributed by atoms with Crippen LogP contribution in [0.5, 0.6) is 0 Å². The van der Waals surface area contributed by atoms with Gasteiger partial charge in [-0.2, -0.15) is 13.5 Å². The van der Waals surface area contributed by atoms with Crippen LogP contribution in [0.15, 0.2) is 23.6 Å². The molecule has 0 saturated carbocycles. The molecule has 0 fully saturated rings. The number of allylic oxidation sites excluding steroid dienone is 4. The highest BCUT2D eigenvalue weighted by Gasteiger charge is 2.00. The van der Waals surface area contributed by atoms with Gasteiger partial charge in [0.05, 0.1) is 0 Å². The monoisotopic (exact) mass is 146 g/mol. The van der Waals surface area contributed by atoms with E-state index >= 15 is 0 Å². The Morgan fingerprint density at radius 1 is 1.56 bits per heavy atom. The van der Waals surface area contributed by atoms with E-state index in [1.165, 1.54) is 0 Å². The second kappa shape index (κ2) is 3.72. The quantitative estimate of drug-likeness (QED) is 0.493. The van der Waals surface area contributed by atoms with Gasteiger partial charge in [0.1, 0.15) is 5.83 Å². The Morgan fingerprint density at radius 2 is 2.22 bits per heavy atom. The van der Waals surface area contributed by atoms with Crippen molar-refractivity contribution in [2.45, 2.75) is 19.8 Å². The van der Waals surface area contributed by atoms with Crippen molar-refractivity contribution in [2.24, 2.45) is 0 Å². The Labute approximate surface area is 61.9 Å². The molecule has 0 amide bonds. The van der Waals surface area contributed by atoms with E-state index in [1.54, 1.807) is 6.92 Å². The lowest BCUT2D eigenvalue weighted by atomic mass is 10.1. The van der Waals surface area contributed by atoms with Crippen molar-refractivity contribution in [2.75, 3.05) is 0 Å². The molecule has 1 aliphatic rings. The minimum absolute atomic E-state index is 0. The van der Waals surface area contributed by atoms with Gasteiger partial charge in [0.25, 0.3) is 0 Å². The first-order valence-electron chi connectivity index (χ1n) is 2.82. The lowest BCUT2D eigenvalue weighted by Gasteiger charge is -2.02. The van der Waals surface area contributed by atoms with Crippen molar-refractivity contribution < 1.29 is 4.39 Å². The molecule has 0 spiro atoms. The van der Waals surface area contributed by atoms with E-state index in [-0.39, 0.29) is 19.3 Å². The summed E-state index contributed by atoms with van der Waals surface area (Å²) in [6, 6.07) is 0. The average molecular weight is 146 g/mol. The smallest absolute Gasteiger partial charge is 0.103 e. The molecule has 0 nitrogen and oxygen atoms in total. The first kappa shape index (κ1) is 8.76. The van der Waals surface area contributed by atoms with Crippen LogP contribution in [0.3, 0.4) is 0 Å². The van der Waals surface area contributed by atoms with Gasteiger partial charge in [-0.1, -0.05) is 12.2 Å². The molecular formula is C7H11FS. The van der Waals surface area contributed by atoms with E-state index in [1.807, 2.05) is 12.2 Å². The van der Waals surface area contributed by atoms with E-state index in [0.29, 0.717) is 6.42 Å². The number of rotatable bonds is 0. The highest BCUT2D eigenvalue weighted by atomic mass is 32.1. The van der Waals surface area contributed by atoms with Gasteiger partial charge < -0.3 is 0 Å². The highest BCUT2D eigenvalue weighted by molar-refractivity contribution is 7.59. The maximum atomic E-state index is 12.4. The van der Waals surface area contributed by atoms with Crippen molar-refractivity contribution in [3.63, 3.8) is 0 Å². The van der Waals surface area contributed by atoms with E-state index in [2.05, 4.69) is 0 Å². The number of hydrogen-bond acceptors (Lipinski definition) is 0. The second-order valence-corrected chi connectivity index (χ2v) is 2.03.